The maximum absolute atomic E-state index is 13.4. The normalized spacial score (nSPS) is 34.2. The Morgan fingerprint density at radius 2 is 2.33 bits per heavy atom. The zero-order chi connectivity index (χ0) is 8.72. The number of fused-ring (bicyclic) bond motifs is 1. The number of ketones is 1. The van der Waals surface area contributed by atoms with Crippen LogP contribution in [0.25, 0.3) is 0 Å². The minimum absolute atomic E-state index is 0.0268. The highest BCUT2D eigenvalue weighted by atomic mass is 32.2. The highest BCUT2D eigenvalue weighted by Crippen LogP contribution is 2.49. The number of Topliss-reactive ketones (excluding diaryl/α,β-unsaturated/α-hetero) is 1. The van der Waals surface area contributed by atoms with Crippen LogP contribution in [0.15, 0.2) is 10.7 Å². The lowest BCUT2D eigenvalue weighted by atomic mass is 10.1. The Balaban J connectivity index is 2.26. The molecule has 2 rings (SSSR count). The summed E-state index contributed by atoms with van der Waals surface area (Å²) >= 11 is 3.21. The van der Waals surface area contributed by atoms with Gasteiger partial charge in [0.25, 0.3) is 0 Å². The van der Waals surface area contributed by atoms with Crippen molar-refractivity contribution in [1.29, 1.82) is 0 Å². The number of halogens is 1. The largest absolute Gasteiger partial charge is 0.294 e. The average molecular weight is 204 g/mol. The molecule has 1 fully saturated rings. The van der Waals surface area contributed by atoms with Crippen LogP contribution in [0.2, 0.25) is 0 Å². The van der Waals surface area contributed by atoms with Crippen LogP contribution in [0.5, 0.6) is 0 Å². The number of hydrogen-bond donors (Lipinski definition) is 0. The molecule has 1 saturated heterocycles. The summed E-state index contributed by atoms with van der Waals surface area (Å²) in [4.78, 5) is 11.3. The van der Waals surface area contributed by atoms with Crippen molar-refractivity contribution in [2.45, 2.75) is 12.2 Å². The molecule has 0 aromatic heterocycles. The summed E-state index contributed by atoms with van der Waals surface area (Å²) in [6.45, 7) is 1.44. The average Bonchev–Trinajstić information content (AvgIpc) is 2.53. The predicted molar refractivity (Wildman–Crippen MR) is 51.0 cm³/mol. The molecule has 12 heavy (non-hydrogen) atoms. The van der Waals surface area contributed by atoms with Gasteiger partial charge in [-0.1, -0.05) is 0 Å². The molecule has 2 atom stereocenters. The topological polar surface area (TPSA) is 17.1 Å². The lowest BCUT2D eigenvalue weighted by Crippen LogP contribution is -2.09. The van der Waals surface area contributed by atoms with Gasteiger partial charge < -0.3 is 0 Å². The molecule has 2 heterocycles. The van der Waals surface area contributed by atoms with E-state index in [1.807, 2.05) is 0 Å². The lowest BCUT2D eigenvalue weighted by molar-refractivity contribution is -0.113. The number of hydrogen-bond acceptors (Lipinski definition) is 3. The second-order valence-electron chi connectivity index (χ2n) is 3.03. The number of rotatable bonds is 1. The predicted octanol–water partition coefficient (Wildman–Crippen LogP) is 2.23. The van der Waals surface area contributed by atoms with E-state index in [1.165, 1.54) is 18.7 Å². The van der Waals surface area contributed by atoms with E-state index in [2.05, 4.69) is 0 Å². The van der Waals surface area contributed by atoms with Crippen molar-refractivity contribution < 1.29 is 9.18 Å². The summed E-state index contributed by atoms with van der Waals surface area (Å²) in [6.07, 6.45) is 0. The standard InChI is InChI=1S/C8H9FOS2/c1-4(10)8-7(9)5-2-11-3-6(5)12-8/h5-6H,2-3H2,1H3. The first-order chi connectivity index (χ1) is 5.70. The van der Waals surface area contributed by atoms with Crippen LogP contribution in [0.4, 0.5) is 4.39 Å². The van der Waals surface area contributed by atoms with Crippen molar-refractivity contribution >= 4 is 29.3 Å². The second kappa shape index (κ2) is 3.07. The van der Waals surface area contributed by atoms with Gasteiger partial charge in [-0.25, -0.2) is 4.39 Å². The maximum atomic E-state index is 13.4. The quantitative estimate of drug-likeness (QED) is 0.652. The SMILES string of the molecule is CC(=O)C1=C(F)C2CSCC2S1. The molecule has 0 aromatic carbocycles. The van der Waals surface area contributed by atoms with Crippen LogP contribution >= 0.6 is 23.5 Å². The number of thioether (sulfide) groups is 2. The van der Waals surface area contributed by atoms with Crippen molar-refractivity contribution in [2.75, 3.05) is 11.5 Å². The highest BCUT2D eigenvalue weighted by Gasteiger charge is 2.41. The fourth-order valence-electron chi connectivity index (χ4n) is 1.51. The zero-order valence-corrected chi connectivity index (χ0v) is 8.30. The van der Waals surface area contributed by atoms with E-state index in [-0.39, 0.29) is 17.5 Å². The Kier molecular flexibility index (Phi) is 2.21. The van der Waals surface area contributed by atoms with E-state index < -0.39 is 0 Å². The Bertz CT molecular complexity index is 262. The molecule has 4 heteroatoms. The maximum Gasteiger partial charge on any atom is 0.168 e. The van der Waals surface area contributed by atoms with E-state index >= 15 is 0 Å². The highest BCUT2D eigenvalue weighted by molar-refractivity contribution is 8.07. The lowest BCUT2D eigenvalue weighted by Gasteiger charge is -2.03. The van der Waals surface area contributed by atoms with Crippen molar-refractivity contribution in [2.24, 2.45) is 5.92 Å². The molecular formula is C8H9FOS2. The Morgan fingerprint density at radius 1 is 1.58 bits per heavy atom. The number of carbonyl (C=O) groups is 1. The molecule has 0 spiro atoms. The summed E-state index contributed by atoms with van der Waals surface area (Å²) in [6, 6.07) is 0. The molecule has 2 aliphatic heterocycles. The Labute approximate surface area is 79.2 Å². The van der Waals surface area contributed by atoms with E-state index in [0.29, 0.717) is 10.2 Å². The molecule has 0 saturated carbocycles. The third-order valence-electron chi connectivity index (χ3n) is 2.16. The van der Waals surface area contributed by atoms with E-state index in [4.69, 9.17) is 0 Å². The third-order valence-corrected chi connectivity index (χ3v) is 5.08. The third kappa shape index (κ3) is 1.21. The van der Waals surface area contributed by atoms with Gasteiger partial charge in [0, 0.05) is 22.7 Å². The summed E-state index contributed by atoms with van der Waals surface area (Å²) in [5.41, 5.74) is 0. The summed E-state index contributed by atoms with van der Waals surface area (Å²) in [7, 11) is 0. The zero-order valence-electron chi connectivity index (χ0n) is 6.67. The van der Waals surface area contributed by atoms with Gasteiger partial charge >= 0.3 is 0 Å². The molecule has 2 aliphatic rings. The van der Waals surface area contributed by atoms with Gasteiger partial charge in [0.05, 0.1) is 4.91 Å². The first kappa shape index (κ1) is 8.63. The molecule has 0 N–H and O–H groups in total. The first-order valence-corrected chi connectivity index (χ1v) is 5.88. The van der Waals surface area contributed by atoms with Gasteiger partial charge in [-0.2, -0.15) is 11.8 Å². The molecule has 0 aliphatic carbocycles. The minimum atomic E-state index is -0.150. The van der Waals surface area contributed by atoms with Gasteiger partial charge in [-0.05, 0) is 6.92 Å². The van der Waals surface area contributed by atoms with Crippen LogP contribution in [-0.2, 0) is 4.79 Å². The van der Waals surface area contributed by atoms with Gasteiger partial charge in [0.15, 0.2) is 5.78 Å². The van der Waals surface area contributed by atoms with Gasteiger partial charge in [0.2, 0.25) is 0 Å². The van der Waals surface area contributed by atoms with Crippen LogP contribution in [0, 0.1) is 5.92 Å². The van der Waals surface area contributed by atoms with Crippen molar-refractivity contribution in [3.63, 3.8) is 0 Å². The van der Waals surface area contributed by atoms with Gasteiger partial charge in [-0.3, -0.25) is 4.79 Å². The number of allylic oxidation sites excluding steroid dienone is 2. The monoisotopic (exact) mass is 204 g/mol. The van der Waals surface area contributed by atoms with E-state index in [1.54, 1.807) is 11.8 Å². The molecule has 2 unspecified atom stereocenters. The molecule has 66 valence electrons. The summed E-state index contributed by atoms with van der Waals surface area (Å²) in [5, 5.41) is 0.328. The van der Waals surface area contributed by atoms with Crippen LogP contribution in [0.3, 0.4) is 0 Å². The molecule has 1 nitrogen and oxygen atoms in total. The second-order valence-corrected chi connectivity index (χ2v) is 5.36. The van der Waals surface area contributed by atoms with E-state index in [0.717, 1.165) is 11.5 Å². The Hall–Kier alpha value is 0.0400. The van der Waals surface area contributed by atoms with Crippen molar-refractivity contribution in [3.05, 3.63) is 10.7 Å². The first-order valence-electron chi connectivity index (χ1n) is 3.85. The van der Waals surface area contributed by atoms with Crippen LogP contribution < -0.4 is 0 Å². The summed E-state index contributed by atoms with van der Waals surface area (Å²) in [5.74, 6) is 1.60. The molecule has 0 bridgehead atoms. The summed E-state index contributed by atoms with van der Waals surface area (Å²) < 4.78 is 13.4. The van der Waals surface area contributed by atoms with Crippen LogP contribution in [0.1, 0.15) is 6.92 Å². The van der Waals surface area contributed by atoms with Crippen molar-refractivity contribution in [1.82, 2.24) is 0 Å². The van der Waals surface area contributed by atoms with Gasteiger partial charge in [0.1, 0.15) is 5.83 Å². The molecule has 0 amide bonds. The fourth-order valence-corrected chi connectivity index (χ4v) is 4.54. The van der Waals surface area contributed by atoms with Gasteiger partial charge in [-0.15, -0.1) is 11.8 Å². The fraction of sp³-hybridized carbons (Fsp3) is 0.625. The molecule has 0 aromatic rings. The van der Waals surface area contributed by atoms with Crippen LogP contribution in [-0.4, -0.2) is 22.5 Å². The molecular weight excluding hydrogens is 195 g/mol. The van der Waals surface area contributed by atoms with E-state index in [9.17, 15) is 9.18 Å². The molecule has 0 radical (unpaired) electrons. The minimum Gasteiger partial charge on any atom is -0.294 e. The number of carbonyl (C=O) groups excluding carboxylic acids is 1. The smallest absolute Gasteiger partial charge is 0.168 e. The van der Waals surface area contributed by atoms with Crippen molar-refractivity contribution in [3.8, 4) is 0 Å². The Morgan fingerprint density at radius 3 is 2.92 bits per heavy atom.